The average molecular weight is 246 g/mol. The molecule has 0 saturated carbocycles. The fourth-order valence-corrected chi connectivity index (χ4v) is 1.59. The molecule has 0 aliphatic heterocycles. The van der Waals surface area contributed by atoms with Gasteiger partial charge >= 0.3 is 0 Å². The number of amides is 1. The molecule has 98 valence electrons. The molecule has 0 heterocycles. The molecule has 18 heavy (non-hydrogen) atoms. The molecule has 1 aromatic rings. The van der Waals surface area contributed by atoms with Crippen LogP contribution in [0, 0.1) is 6.92 Å². The van der Waals surface area contributed by atoms with Crippen LogP contribution in [-0.4, -0.2) is 19.0 Å². The first-order chi connectivity index (χ1) is 8.52. The molecule has 0 spiro atoms. The van der Waals surface area contributed by atoms with Crippen molar-refractivity contribution in [3.63, 3.8) is 0 Å². The van der Waals surface area contributed by atoms with E-state index in [0.29, 0.717) is 6.04 Å². The first kappa shape index (κ1) is 14.5. The molecule has 0 aliphatic rings. The Balaban J connectivity index is 2.75. The van der Waals surface area contributed by atoms with Crippen molar-refractivity contribution in [3.05, 3.63) is 35.4 Å². The lowest BCUT2D eigenvalue weighted by Gasteiger charge is -2.08. The largest absolute Gasteiger partial charge is 0.326 e. The van der Waals surface area contributed by atoms with E-state index in [-0.39, 0.29) is 5.91 Å². The minimum Gasteiger partial charge on any atom is -0.326 e. The van der Waals surface area contributed by atoms with Gasteiger partial charge in [-0.1, -0.05) is 24.3 Å². The maximum Gasteiger partial charge on any atom is 0.221 e. The number of carbonyl (C=O) groups is 1. The molecule has 0 fully saturated rings. The Morgan fingerprint density at radius 3 is 2.78 bits per heavy atom. The highest BCUT2D eigenvalue weighted by molar-refractivity contribution is 5.89. The van der Waals surface area contributed by atoms with Gasteiger partial charge in [-0.2, -0.15) is 0 Å². The molecule has 1 aromatic carbocycles. The highest BCUT2D eigenvalue weighted by Crippen LogP contribution is 2.18. The molecule has 1 rings (SSSR count). The fourth-order valence-electron chi connectivity index (χ4n) is 1.59. The van der Waals surface area contributed by atoms with Crippen molar-refractivity contribution in [3.8, 4) is 0 Å². The molecule has 0 saturated heterocycles. The van der Waals surface area contributed by atoms with Crippen LogP contribution in [0.5, 0.6) is 0 Å². The zero-order valence-electron chi connectivity index (χ0n) is 11.6. The summed E-state index contributed by atoms with van der Waals surface area (Å²) in [7, 11) is 1.96. The molecule has 1 atom stereocenters. The Morgan fingerprint density at radius 2 is 2.17 bits per heavy atom. The second kappa shape index (κ2) is 6.97. The van der Waals surface area contributed by atoms with Gasteiger partial charge < -0.3 is 10.6 Å². The van der Waals surface area contributed by atoms with E-state index in [1.165, 1.54) is 6.92 Å². The van der Waals surface area contributed by atoms with Crippen molar-refractivity contribution in [1.82, 2.24) is 5.32 Å². The lowest BCUT2D eigenvalue weighted by atomic mass is 10.1. The third-order valence-electron chi connectivity index (χ3n) is 2.87. The summed E-state index contributed by atoms with van der Waals surface area (Å²) in [4.78, 5) is 11.1. The van der Waals surface area contributed by atoms with Gasteiger partial charge in [-0.25, -0.2) is 0 Å². The van der Waals surface area contributed by atoms with E-state index < -0.39 is 0 Å². The molecule has 3 heteroatoms. The molecule has 1 amide bonds. The summed E-state index contributed by atoms with van der Waals surface area (Å²) >= 11 is 0. The summed E-state index contributed by atoms with van der Waals surface area (Å²) in [5, 5.41) is 6.03. The van der Waals surface area contributed by atoms with Crippen LogP contribution in [0.2, 0.25) is 0 Å². The fraction of sp³-hybridized carbons (Fsp3) is 0.400. The minimum absolute atomic E-state index is 0.0389. The smallest absolute Gasteiger partial charge is 0.221 e. The first-order valence-corrected chi connectivity index (χ1v) is 6.25. The summed E-state index contributed by atoms with van der Waals surface area (Å²) in [6.07, 6.45) is 5.21. The Kier molecular flexibility index (Phi) is 5.59. The van der Waals surface area contributed by atoms with Crippen LogP contribution >= 0.6 is 0 Å². The number of hydrogen-bond donors (Lipinski definition) is 2. The van der Waals surface area contributed by atoms with Crippen LogP contribution in [0.25, 0.3) is 6.08 Å². The third kappa shape index (κ3) is 4.72. The zero-order chi connectivity index (χ0) is 13.5. The standard InChI is InChI=1S/C15H22N2O/c1-11-8-9-14(7-5-6-12(2)16-4)10-15(11)17-13(3)18/h5,7-10,12,16H,6H2,1-4H3,(H,17,18)/b7-5+. The Bertz CT molecular complexity index is 438. The quantitative estimate of drug-likeness (QED) is 0.838. The second-order valence-corrected chi connectivity index (χ2v) is 4.58. The van der Waals surface area contributed by atoms with Gasteiger partial charge in [-0.15, -0.1) is 0 Å². The van der Waals surface area contributed by atoms with Gasteiger partial charge in [0.15, 0.2) is 0 Å². The van der Waals surface area contributed by atoms with Crippen LogP contribution in [-0.2, 0) is 4.79 Å². The summed E-state index contributed by atoms with van der Waals surface area (Å²) in [5.74, 6) is -0.0389. The van der Waals surface area contributed by atoms with E-state index in [4.69, 9.17) is 0 Å². The van der Waals surface area contributed by atoms with Crippen molar-refractivity contribution in [2.75, 3.05) is 12.4 Å². The van der Waals surface area contributed by atoms with E-state index in [1.54, 1.807) is 0 Å². The maximum atomic E-state index is 11.1. The van der Waals surface area contributed by atoms with Gasteiger partial charge in [0.25, 0.3) is 0 Å². The topological polar surface area (TPSA) is 41.1 Å². The molecular formula is C15H22N2O. The predicted molar refractivity (Wildman–Crippen MR) is 77.7 cm³/mol. The molecule has 0 bridgehead atoms. The number of aryl methyl sites for hydroxylation is 1. The Hall–Kier alpha value is -1.61. The van der Waals surface area contributed by atoms with Crippen LogP contribution in [0.15, 0.2) is 24.3 Å². The minimum atomic E-state index is -0.0389. The Morgan fingerprint density at radius 1 is 1.44 bits per heavy atom. The van der Waals surface area contributed by atoms with E-state index >= 15 is 0 Å². The van der Waals surface area contributed by atoms with Crippen LogP contribution in [0.4, 0.5) is 5.69 Å². The van der Waals surface area contributed by atoms with E-state index in [1.807, 2.05) is 26.1 Å². The summed E-state index contributed by atoms with van der Waals surface area (Å²) in [6, 6.07) is 6.55. The Labute approximate surface area is 109 Å². The van der Waals surface area contributed by atoms with Crippen molar-refractivity contribution in [1.29, 1.82) is 0 Å². The van der Waals surface area contributed by atoms with E-state index in [9.17, 15) is 4.79 Å². The highest BCUT2D eigenvalue weighted by atomic mass is 16.1. The van der Waals surface area contributed by atoms with Crippen LogP contribution in [0.1, 0.15) is 31.4 Å². The van der Waals surface area contributed by atoms with Gasteiger partial charge in [0, 0.05) is 18.7 Å². The van der Waals surface area contributed by atoms with Gasteiger partial charge in [0.05, 0.1) is 0 Å². The molecule has 0 aromatic heterocycles. The normalized spacial score (nSPS) is 12.7. The van der Waals surface area contributed by atoms with Gasteiger partial charge in [0.1, 0.15) is 0 Å². The third-order valence-corrected chi connectivity index (χ3v) is 2.87. The lowest BCUT2D eigenvalue weighted by Crippen LogP contribution is -2.19. The average Bonchev–Trinajstić information content (AvgIpc) is 2.32. The number of carbonyl (C=O) groups excluding carboxylic acids is 1. The summed E-state index contributed by atoms with van der Waals surface area (Å²) in [5.41, 5.74) is 3.06. The van der Waals surface area contributed by atoms with Crippen molar-refractivity contribution in [2.45, 2.75) is 33.2 Å². The molecular weight excluding hydrogens is 224 g/mol. The predicted octanol–water partition coefficient (Wildman–Crippen LogP) is 2.96. The first-order valence-electron chi connectivity index (χ1n) is 6.25. The highest BCUT2D eigenvalue weighted by Gasteiger charge is 2.00. The number of rotatable bonds is 5. The van der Waals surface area contributed by atoms with Crippen molar-refractivity contribution in [2.24, 2.45) is 0 Å². The number of benzene rings is 1. The van der Waals surface area contributed by atoms with E-state index in [0.717, 1.165) is 23.2 Å². The van der Waals surface area contributed by atoms with Gasteiger partial charge in [-0.3, -0.25) is 4.79 Å². The molecule has 2 N–H and O–H groups in total. The molecule has 0 aliphatic carbocycles. The second-order valence-electron chi connectivity index (χ2n) is 4.58. The summed E-state index contributed by atoms with van der Waals surface area (Å²) in [6.45, 7) is 5.65. The number of hydrogen-bond acceptors (Lipinski definition) is 2. The molecule has 3 nitrogen and oxygen atoms in total. The number of nitrogens with one attached hydrogen (secondary N) is 2. The SMILES string of the molecule is CNC(C)C/C=C/c1ccc(C)c(NC(C)=O)c1. The molecule has 1 unspecified atom stereocenters. The zero-order valence-corrected chi connectivity index (χ0v) is 11.6. The van der Waals surface area contributed by atoms with Crippen molar-refractivity contribution < 1.29 is 4.79 Å². The van der Waals surface area contributed by atoms with Crippen LogP contribution < -0.4 is 10.6 Å². The van der Waals surface area contributed by atoms with Crippen molar-refractivity contribution >= 4 is 17.7 Å². The van der Waals surface area contributed by atoms with Gasteiger partial charge in [-0.05, 0) is 44.5 Å². The molecule has 0 radical (unpaired) electrons. The monoisotopic (exact) mass is 246 g/mol. The lowest BCUT2D eigenvalue weighted by molar-refractivity contribution is -0.114. The summed E-state index contributed by atoms with van der Waals surface area (Å²) < 4.78 is 0. The van der Waals surface area contributed by atoms with Gasteiger partial charge in [0.2, 0.25) is 5.91 Å². The number of anilines is 1. The van der Waals surface area contributed by atoms with E-state index in [2.05, 4.69) is 35.8 Å². The maximum absolute atomic E-state index is 11.1. The van der Waals surface area contributed by atoms with Crippen LogP contribution in [0.3, 0.4) is 0 Å².